The fourth-order valence-corrected chi connectivity index (χ4v) is 4.50. The summed E-state index contributed by atoms with van der Waals surface area (Å²) in [4.78, 5) is 12.7. The number of hydrogen-bond acceptors (Lipinski definition) is 5. The van der Waals surface area contributed by atoms with Crippen LogP contribution in [0.4, 0.5) is 5.69 Å². The molecule has 1 atom stereocenters. The van der Waals surface area contributed by atoms with Crippen LogP contribution in [-0.2, 0) is 12.1 Å². The van der Waals surface area contributed by atoms with Gasteiger partial charge in [0, 0.05) is 24.2 Å². The predicted molar refractivity (Wildman–Crippen MR) is 114 cm³/mol. The Hall–Kier alpha value is -3.22. The summed E-state index contributed by atoms with van der Waals surface area (Å²) in [6.45, 7) is 1.05. The van der Waals surface area contributed by atoms with Crippen LogP contribution in [0.1, 0.15) is 29.5 Å². The first-order valence-corrected chi connectivity index (χ1v) is 10.0. The number of aromatic hydroxyl groups is 1. The van der Waals surface area contributed by atoms with E-state index in [-0.39, 0.29) is 17.5 Å². The van der Waals surface area contributed by atoms with Crippen LogP contribution in [0, 0.1) is 10.1 Å². The van der Waals surface area contributed by atoms with Crippen molar-refractivity contribution in [3.05, 3.63) is 106 Å². The molecule has 0 aliphatic carbocycles. The van der Waals surface area contributed by atoms with Crippen molar-refractivity contribution in [1.29, 1.82) is 0 Å². The van der Waals surface area contributed by atoms with Crippen molar-refractivity contribution in [2.75, 3.05) is 6.54 Å². The number of likely N-dealkylation sites (tertiary alicyclic amines) is 1. The lowest BCUT2D eigenvalue weighted by Crippen LogP contribution is -2.48. The largest absolute Gasteiger partial charge is 0.502 e. The highest BCUT2D eigenvalue weighted by Crippen LogP contribution is 2.41. The standard InChI is InChI=1S/C24H24N2O4/c27-23-18(9-7-14-21(23)26(29)30)17-25-16-8-15-22(25)24(28,19-10-3-1-4-11-19)20-12-5-2-6-13-20/h1-7,9-14,22,27-28H,8,15-17H2/t22-/m0/s1. The molecule has 0 unspecified atom stereocenters. The zero-order valence-corrected chi connectivity index (χ0v) is 16.5. The molecule has 2 N–H and O–H groups in total. The first-order valence-electron chi connectivity index (χ1n) is 10.0. The Balaban J connectivity index is 1.74. The van der Waals surface area contributed by atoms with E-state index in [2.05, 4.69) is 4.90 Å². The fraction of sp³-hybridized carbons (Fsp3) is 0.250. The van der Waals surface area contributed by atoms with Crippen molar-refractivity contribution in [1.82, 2.24) is 4.90 Å². The van der Waals surface area contributed by atoms with Crippen molar-refractivity contribution in [3.8, 4) is 5.75 Å². The highest BCUT2D eigenvalue weighted by atomic mass is 16.6. The van der Waals surface area contributed by atoms with E-state index in [1.807, 2.05) is 60.7 Å². The first-order chi connectivity index (χ1) is 14.5. The molecule has 0 radical (unpaired) electrons. The Kier molecular flexibility index (Phi) is 5.53. The molecule has 1 fully saturated rings. The van der Waals surface area contributed by atoms with Gasteiger partial charge in [-0.2, -0.15) is 0 Å². The zero-order chi connectivity index (χ0) is 21.1. The maximum atomic E-state index is 12.1. The van der Waals surface area contributed by atoms with Gasteiger partial charge in [0.05, 0.1) is 4.92 Å². The number of phenolic OH excluding ortho intramolecular Hbond substituents is 1. The molecule has 4 rings (SSSR count). The van der Waals surface area contributed by atoms with Gasteiger partial charge in [-0.05, 0) is 30.5 Å². The third-order valence-corrected chi connectivity index (χ3v) is 5.94. The molecule has 0 amide bonds. The van der Waals surface area contributed by atoms with E-state index in [1.54, 1.807) is 12.1 Å². The van der Waals surface area contributed by atoms with Crippen LogP contribution >= 0.6 is 0 Å². The predicted octanol–water partition coefficient (Wildman–Crippen LogP) is 4.20. The lowest BCUT2D eigenvalue weighted by Gasteiger charge is -2.40. The van der Waals surface area contributed by atoms with E-state index in [0.717, 1.165) is 30.5 Å². The number of para-hydroxylation sites is 1. The number of nitro groups is 1. The number of hydrogen-bond donors (Lipinski definition) is 2. The Morgan fingerprint density at radius 2 is 1.57 bits per heavy atom. The molecule has 1 aliphatic rings. The monoisotopic (exact) mass is 404 g/mol. The second-order valence-electron chi connectivity index (χ2n) is 7.67. The minimum absolute atomic E-state index is 0.235. The Morgan fingerprint density at radius 3 is 2.13 bits per heavy atom. The average Bonchev–Trinajstić information content (AvgIpc) is 3.24. The van der Waals surface area contributed by atoms with Gasteiger partial charge in [-0.25, -0.2) is 0 Å². The Labute approximate surface area is 175 Å². The van der Waals surface area contributed by atoms with Crippen molar-refractivity contribution in [3.63, 3.8) is 0 Å². The van der Waals surface area contributed by atoms with Gasteiger partial charge in [0.25, 0.3) is 0 Å². The van der Waals surface area contributed by atoms with Crippen LogP contribution in [0.15, 0.2) is 78.9 Å². The number of phenols is 1. The van der Waals surface area contributed by atoms with E-state index in [0.29, 0.717) is 12.1 Å². The molecule has 3 aromatic carbocycles. The van der Waals surface area contributed by atoms with Crippen LogP contribution in [0.2, 0.25) is 0 Å². The molecular weight excluding hydrogens is 380 g/mol. The van der Waals surface area contributed by atoms with Crippen molar-refractivity contribution in [2.45, 2.75) is 31.0 Å². The van der Waals surface area contributed by atoms with Gasteiger partial charge >= 0.3 is 5.69 Å². The summed E-state index contributed by atoms with van der Waals surface area (Å²) in [5.74, 6) is -0.309. The smallest absolute Gasteiger partial charge is 0.311 e. The van der Waals surface area contributed by atoms with E-state index < -0.39 is 10.5 Å². The SMILES string of the molecule is O=[N+]([O-])c1cccc(CN2CCC[C@H]2C(O)(c2ccccc2)c2ccccc2)c1O. The number of benzene rings is 3. The molecule has 0 aromatic heterocycles. The van der Waals surface area contributed by atoms with Crippen LogP contribution in [0.5, 0.6) is 5.75 Å². The van der Waals surface area contributed by atoms with Gasteiger partial charge in [0.2, 0.25) is 0 Å². The molecule has 30 heavy (non-hydrogen) atoms. The van der Waals surface area contributed by atoms with E-state index in [9.17, 15) is 20.3 Å². The molecular formula is C24H24N2O4. The van der Waals surface area contributed by atoms with Gasteiger partial charge in [0.1, 0.15) is 5.60 Å². The quantitative estimate of drug-likeness (QED) is 0.475. The average molecular weight is 404 g/mol. The summed E-state index contributed by atoms with van der Waals surface area (Å²) in [5.41, 5.74) is 0.548. The molecule has 1 aliphatic heterocycles. The molecule has 1 saturated heterocycles. The van der Waals surface area contributed by atoms with Crippen LogP contribution < -0.4 is 0 Å². The van der Waals surface area contributed by atoms with Crippen LogP contribution in [0.25, 0.3) is 0 Å². The van der Waals surface area contributed by atoms with E-state index in [1.165, 1.54) is 6.07 Å². The molecule has 0 bridgehead atoms. The lowest BCUT2D eigenvalue weighted by molar-refractivity contribution is -0.386. The lowest BCUT2D eigenvalue weighted by atomic mass is 9.79. The van der Waals surface area contributed by atoms with Crippen LogP contribution in [-0.4, -0.2) is 32.6 Å². The fourth-order valence-electron chi connectivity index (χ4n) is 4.50. The normalized spacial score (nSPS) is 17.2. The summed E-state index contributed by atoms with van der Waals surface area (Å²) in [5, 5.41) is 33.7. The Bertz CT molecular complexity index is 984. The minimum Gasteiger partial charge on any atom is -0.502 e. The Morgan fingerprint density at radius 1 is 0.967 bits per heavy atom. The van der Waals surface area contributed by atoms with Crippen molar-refractivity contribution < 1.29 is 15.1 Å². The van der Waals surface area contributed by atoms with Gasteiger partial charge in [-0.15, -0.1) is 0 Å². The molecule has 1 heterocycles. The summed E-state index contributed by atoms with van der Waals surface area (Å²) in [6, 6.07) is 23.5. The molecule has 0 saturated carbocycles. The topological polar surface area (TPSA) is 86.8 Å². The van der Waals surface area contributed by atoms with Crippen LogP contribution in [0.3, 0.4) is 0 Å². The van der Waals surface area contributed by atoms with Gasteiger partial charge < -0.3 is 10.2 Å². The van der Waals surface area contributed by atoms with Crippen molar-refractivity contribution >= 4 is 5.69 Å². The van der Waals surface area contributed by atoms with E-state index >= 15 is 0 Å². The van der Waals surface area contributed by atoms with Crippen molar-refractivity contribution in [2.24, 2.45) is 0 Å². The van der Waals surface area contributed by atoms with Gasteiger partial charge in [0.15, 0.2) is 5.75 Å². The summed E-state index contributed by atoms with van der Waals surface area (Å²) >= 11 is 0. The maximum Gasteiger partial charge on any atom is 0.311 e. The summed E-state index contributed by atoms with van der Waals surface area (Å²) < 4.78 is 0. The second-order valence-corrected chi connectivity index (χ2v) is 7.67. The summed E-state index contributed by atoms with van der Waals surface area (Å²) in [7, 11) is 0. The molecule has 0 spiro atoms. The molecule has 6 nitrogen and oxygen atoms in total. The maximum absolute atomic E-state index is 12.1. The minimum atomic E-state index is -1.24. The third-order valence-electron chi connectivity index (χ3n) is 5.94. The third kappa shape index (κ3) is 3.56. The van der Waals surface area contributed by atoms with Gasteiger partial charge in [-0.3, -0.25) is 15.0 Å². The molecule has 154 valence electrons. The number of rotatable bonds is 6. The van der Waals surface area contributed by atoms with E-state index in [4.69, 9.17) is 0 Å². The molecule has 6 heteroatoms. The second kappa shape index (κ2) is 8.26. The number of aliphatic hydroxyl groups is 1. The number of nitrogens with zero attached hydrogens (tertiary/aromatic N) is 2. The first kappa shape index (κ1) is 20.1. The number of nitro benzene ring substituents is 1. The highest BCUT2D eigenvalue weighted by molar-refractivity contribution is 5.50. The summed E-state index contributed by atoms with van der Waals surface area (Å²) in [6.07, 6.45) is 1.66. The van der Waals surface area contributed by atoms with Gasteiger partial charge in [-0.1, -0.05) is 72.8 Å². The molecule has 3 aromatic rings. The highest BCUT2D eigenvalue weighted by Gasteiger charge is 2.45. The zero-order valence-electron chi connectivity index (χ0n) is 16.5.